The number of benzene rings is 3. The minimum atomic E-state index is -0.738. The Labute approximate surface area is 188 Å². The Morgan fingerprint density at radius 2 is 1.39 bits per heavy atom. The predicted octanol–water partition coefficient (Wildman–Crippen LogP) is 2.90. The van der Waals surface area contributed by atoms with Gasteiger partial charge >= 0.3 is 0 Å². The van der Waals surface area contributed by atoms with Gasteiger partial charge in [-0.25, -0.2) is 0 Å². The topological polar surface area (TPSA) is 96.4 Å². The van der Waals surface area contributed by atoms with Crippen molar-refractivity contribution in [3.63, 3.8) is 0 Å². The van der Waals surface area contributed by atoms with Gasteiger partial charge in [-0.2, -0.15) is 0 Å². The highest BCUT2D eigenvalue weighted by Crippen LogP contribution is 2.47. The first-order valence-electron chi connectivity index (χ1n) is 10.5. The number of phenolic OH excluding ortho intramolecular Hbond substituents is 1. The lowest BCUT2D eigenvalue weighted by atomic mass is 9.91. The van der Waals surface area contributed by atoms with Crippen molar-refractivity contribution in [3.8, 4) is 17.2 Å². The van der Waals surface area contributed by atoms with Crippen LogP contribution in [-0.4, -0.2) is 47.6 Å². The van der Waals surface area contributed by atoms with Crippen molar-refractivity contribution >= 4 is 23.4 Å². The maximum Gasteiger partial charge on any atom is 0.261 e. The van der Waals surface area contributed by atoms with Gasteiger partial charge in [-0.3, -0.25) is 19.3 Å². The normalized spacial score (nSPS) is 18.2. The Morgan fingerprint density at radius 3 is 2.12 bits per heavy atom. The number of nitrogens with zero attached hydrogens (tertiary/aromatic N) is 2. The third kappa shape index (κ3) is 2.80. The van der Waals surface area contributed by atoms with E-state index in [4.69, 9.17) is 9.47 Å². The number of carbonyl (C=O) groups is 3. The molecular formula is C25H18N2O6. The zero-order valence-corrected chi connectivity index (χ0v) is 17.4. The van der Waals surface area contributed by atoms with E-state index in [2.05, 4.69) is 0 Å². The zero-order chi connectivity index (χ0) is 22.7. The molecule has 0 fully saturated rings. The fourth-order valence-corrected chi connectivity index (χ4v) is 4.74. The molecule has 0 bridgehead atoms. The van der Waals surface area contributed by atoms with Gasteiger partial charge in [0.2, 0.25) is 12.7 Å². The van der Waals surface area contributed by atoms with Crippen molar-refractivity contribution in [2.24, 2.45) is 0 Å². The van der Waals surface area contributed by atoms with Gasteiger partial charge in [0, 0.05) is 30.4 Å². The van der Waals surface area contributed by atoms with E-state index in [0.717, 1.165) is 5.56 Å². The largest absolute Gasteiger partial charge is 0.507 e. The molecule has 1 unspecified atom stereocenters. The van der Waals surface area contributed by atoms with Crippen LogP contribution in [0, 0.1) is 0 Å². The first-order chi connectivity index (χ1) is 16.0. The van der Waals surface area contributed by atoms with Crippen LogP contribution in [0.15, 0.2) is 60.7 Å². The van der Waals surface area contributed by atoms with Crippen molar-refractivity contribution in [2.75, 3.05) is 24.8 Å². The molecule has 3 aliphatic rings. The van der Waals surface area contributed by atoms with Gasteiger partial charge in [0.15, 0.2) is 11.5 Å². The van der Waals surface area contributed by atoms with Crippen molar-refractivity contribution in [1.29, 1.82) is 0 Å². The van der Waals surface area contributed by atoms with Crippen LogP contribution in [-0.2, 0) is 4.79 Å². The maximum atomic E-state index is 13.6. The molecule has 1 atom stereocenters. The molecule has 6 rings (SSSR count). The molecule has 3 aliphatic heterocycles. The van der Waals surface area contributed by atoms with Gasteiger partial charge in [-0.05, 0) is 29.8 Å². The summed E-state index contributed by atoms with van der Waals surface area (Å²) < 4.78 is 10.7. The Hall–Kier alpha value is -4.33. The van der Waals surface area contributed by atoms with Crippen LogP contribution in [0.4, 0.5) is 5.69 Å². The number of carbonyl (C=O) groups excluding carboxylic acids is 3. The maximum absolute atomic E-state index is 13.6. The van der Waals surface area contributed by atoms with Crippen LogP contribution in [0.2, 0.25) is 0 Å². The van der Waals surface area contributed by atoms with Crippen molar-refractivity contribution < 1.29 is 29.0 Å². The van der Waals surface area contributed by atoms with Crippen LogP contribution in [0.3, 0.4) is 0 Å². The molecule has 0 aliphatic carbocycles. The molecule has 0 saturated carbocycles. The lowest BCUT2D eigenvalue weighted by Crippen LogP contribution is -2.40. The van der Waals surface area contributed by atoms with E-state index >= 15 is 0 Å². The number of hydrogen-bond acceptors (Lipinski definition) is 6. The van der Waals surface area contributed by atoms with Gasteiger partial charge in [0.05, 0.1) is 17.0 Å². The molecule has 8 nitrogen and oxygen atoms in total. The number of ether oxygens (including phenoxy) is 2. The number of para-hydroxylation sites is 1. The number of amides is 3. The summed E-state index contributed by atoms with van der Waals surface area (Å²) in [5.74, 6) is -0.870. The van der Waals surface area contributed by atoms with Crippen molar-refractivity contribution in [2.45, 2.75) is 5.92 Å². The second-order valence-corrected chi connectivity index (χ2v) is 8.05. The van der Waals surface area contributed by atoms with Gasteiger partial charge in [0.25, 0.3) is 11.8 Å². The summed E-state index contributed by atoms with van der Waals surface area (Å²) in [6, 6.07) is 17.1. The molecular weight excluding hydrogens is 424 g/mol. The summed E-state index contributed by atoms with van der Waals surface area (Å²) in [6.45, 7) is 0.259. The molecule has 0 aromatic heterocycles. The molecule has 0 radical (unpaired) electrons. The molecule has 8 heteroatoms. The summed E-state index contributed by atoms with van der Waals surface area (Å²) in [6.07, 6.45) is 0. The Kier molecular flexibility index (Phi) is 4.16. The van der Waals surface area contributed by atoms with Gasteiger partial charge in [-0.15, -0.1) is 0 Å². The van der Waals surface area contributed by atoms with E-state index in [1.54, 1.807) is 35.2 Å². The molecule has 33 heavy (non-hydrogen) atoms. The molecule has 3 aromatic carbocycles. The first-order valence-corrected chi connectivity index (χ1v) is 10.5. The monoisotopic (exact) mass is 442 g/mol. The van der Waals surface area contributed by atoms with Crippen LogP contribution in [0.5, 0.6) is 17.2 Å². The van der Waals surface area contributed by atoms with Crippen LogP contribution in [0.25, 0.3) is 0 Å². The van der Waals surface area contributed by atoms with Crippen LogP contribution in [0.1, 0.15) is 37.8 Å². The van der Waals surface area contributed by atoms with Crippen LogP contribution < -0.4 is 14.4 Å². The average molecular weight is 442 g/mol. The van der Waals surface area contributed by atoms with Crippen LogP contribution >= 0.6 is 0 Å². The number of anilines is 1. The summed E-state index contributed by atoms with van der Waals surface area (Å²) in [7, 11) is 0. The summed E-state index contributed by atoms with van der Waals surface area (Å²) in [5, 5.41) is 10.6. The van der Waals surface area contributed by atoms with Gasteiger partial charge in [-0.1, -0.05) is 30.3 Å². The Balaban J connectivity index is 1.31. The number of imide groups is 1. The first kappa shape index (κ1) is 19.4. The predicted molar refractivity (Wildman–Crippen MR) is 117 cm³/mol. The molecule has 0 spiro atoms. The number of aromatic hydroxyl groups is 1. The highest BCUT2D eigenvalue weighted by atomic mass is 16.7. The summed E-state index contributed by atoms with van der Waals surface area (Å²) in [5.41, 5.74) is 2.58. The number of fused-ring (bicyclic) bond motifs is 3. The summed E-state index contributed by atoms with van der Waals surface area (Å²) in [4.78, 5) is 41.7. The quantitative estimate of drug-likeness (QED) is 0.625. The third-order valence-electron chi connectivity index (χ3n) is 6.31. The van der Waals surface area contributed by atoms with Gasteiger partial charge < -0.3 is 19.5 Å². The highest BCUT2D eigenvalue weighted by Gasteiger charge is 2.41. The molecule has 0 saturated heterocycles. The number of rotatable bonds is 4. The Bertz CT molecular complexity index is 1320. The fraction of sp³-hybridized carbons (Fsp3) is 0.160. The standard InChI is InChI=1S/C25H18N2O6/c28-19-12-21-20(32-13-33-21)11-17(19)22-16-7-3-4-8-18(16)26(25(22)31)9-10-27-23(29)14-5-1-2-6-15(14)24(27)30/h1-8,11-12,22,28H,9-10,13H2. The van der Waals surface area contributed by atoms with E-state index in [1.165, 1.54) is 11.0 Å². The van der Waals surface area contributed by atoms with E-state index in [0.29, 0.717) is 33.9 Å². The second-order valence-electron chi connectivity index (χ2n) is 8.05. The highest BCUT2D eigenvalue weighted by molar-refractivity contribution is 6.21. The number of hydrogen-bond donors (Lipinski definition) is 1. The molecule has 1 N–H and O–H groups in total. The summed E-state index contributed by atoms with van der Waals surface area (Å²) >= 11 is 0. The average Bonchev–Trinajstić information content (AvgIpc) is 3.46. The number of phenols is 1. The SMILES string of the molecule is O=C1c2ccccc2C(=O)N1CCN1C(=O)C(c2cc3c(cc2O)OCO3)c2ccccc21. The molecule has 3 aromatic rings. The molecule has 164 valence electrons. The third-order valence-corrected chi connectivity index (χ3v) is 6.31. The lowest BCUT2D eigenvalue weighted by molar-refractivity contribution is -0.118. The fourth-order valence-electron chi connectivity index (χ4n) is 4.74. The Morgan fingerprint density at radius 1 is 0.788 bits per heavy atom. The smallest absolute Gasteiger partial charge is 0.261 e. The van der Waals surface area contributed by atoms with E-state index < -0.39 is 5.92 Å². The van der Waals surface area contributed by atoms with E-state index in [9.17, 15) is 19.5 Å². The van der Waals surface area contributed by atoms with Gasteiger partial charge in [0.1, 0.15) is 5.75 Å². The lowest BCUT2D eigenvalue weighted by Gasteiger charge is -2.22. The van der Waals surface area contributed by atoms with E-state index in [-0.39, 0.29) is 43.4 Å². The van der Waals surface area contributed by atoms with Crippen molar-refractivity contribution in [1.82, 2.24) is 4.90 Å². The van der Waals surface area contributed by atoms with Crippen molar-refractivity contribution in [3.05, 3.63) is 82.9 Å². The minimum absolute atomic E-state index is 0.0554. The minimum Gasteiger partial charge on any atom is -0.507 e. The van der Waals surface area contributed by atoms with E-state index in [1.807, 2.05) is 24.3 Å². The molecule has 3 amide bonds. The zero-order valence-electron chi connectivity index (χ0n) is 17.4. The second kappa shape index (κ2) is 7.09. The molecule has 3 heterocycles.